The van der Waals surface area contributed by atoms with Crippen molar-refractivity contribution in [3.8, 4) is 22.8 Å². The number of hydrogen-bond acceptors (Lipinski definition) is 5. The predicted octanol–water partition coefficient (Wildman–Crippen LogP) is 4.97. The lowest BCUT2D eigenvalue weighted by Crippen LogP contribution is -2.15. The Labute approximate surface area is 184 Å². The summed E-state index contributed by atoms with van der Waals surface area (Å²) < 4.78 is 13.3. The van der Waals surface area contributed by atoms with E-state index in [-0.39, 0.29) is 0 Å². The third-order valence-corrected chi connectivity index (χ3v) is 5.74. The highest BCUT2D eigenvalue weighted by atomic mass is 32.1. The molecular formula is C25H21N3O2S. The molecule has 0 unspecified atom stereocenters. The van der Waals surface area contributed by atoms with Crippen molar-refractivity contribution in [1.82, 2.24) is 4.68 Å². The van der Waals surface area contributed by atoms with Crippen LogP contribution in [0, 0.1) is 0 Å². The van der Waals surface area contributed by atoms with E-state index in [0.29, 0.717) is 19.8 Å². The topological polar surface area (TPSA) is 48.1 Å². The van der Waals surface area contributed by atoms with Crippen LogP contribution in [0.2, 0.25) is 0 Å². The van der Waals surface area contributed by atoms with Gasteiger partial charge in [0.1, 0.15) is 13.2 Å². The van der Waals surface area contributed by atoms with Crippen LogP contribution in [-0.2, 0) is 6.54 Å². The lowest BCUT2D eigenvalue weighted by Gasteiger charge is -2.18. The molecule has 0 amide bonds. The largest absolute Gasteiger partial charge is 0.486 e. The van der Waals surface area contributed by atoms with Gasteiger partial charge in [0.05, 0.1) is 18.5 Å². The van der Waals surface area contributed by atoms with E-state index in [0.717, 1.165) is 38.7 Å². The standard InChI is InChI=1S/C25H21N3O2S/c1-3-7-19(8-4-1)16-26-25-28(27-17-20-9-5-2-6-10-20)22(18-31-25)21-11-12-23-24(15-21)30-14-13-29-23/h1-12,15,17-18H,13-14,16H2/b26-25?,27-17-. The molecule has 0 atom stereocenters. The van der Waals surface area contributed by atoms with Gasteiger partial charge in [-0.25, -0.2) is 4.68 Å². The minimum atomic E-state index is 0.559. The lowest BCUT2D eigenvalue weighted by molar-refractivity contribution is 0.171. The monoisotopic (exact) mass is 427 g/mol. The number of hydrogen-bond donors (Lipinski definition) is 0. The first-order valence-electron chi connectivity index (χ1n) is 10.1. The fourth-order valence-electron chi connectivity index (χ4n) is 3.33. The van der Waals surface area contributed by atoms with Gasteiger partial charge in [-0.1, -0.05) is 60.7 Å². The molecule has 0 saturated heterocycles. The van der Waals surface area contributed by atoms with E-state index in [4.69, 9.17) is 19.6 Å². The summed E-state index contributed by atoms with van der Waals surface area (Å²) in [6.45, 7) is 1.74. The molecule has 1 aliphatic rings. The molecule has 31 heavy (non-hydrogen) atoms. The second-order valence-electron chi connectivity index (χ2n) is 7.03. The molecule has 2 heterocycles. The normalized spacial score (nSPS) is 13.6. The average molecular weight is 428 g/mol. The molecule has 3 aromatic carbocycles. The van der Waals surface area contributed by atoms with Crippen LogP contribution in [0.5, 0.6) is 11.5 Å². The molecule has 6 heteroatoms. The molecular weight excluding hydrogens is 406 g/mol. The first-order valence-corrected chi connectivity index (χ1v) is 11.0. The highest BCUT2D eigenvalue weighted by Crippen LogP contribution is 2.34. The minimum absolute atomic E-state index is 0.559. The number of fused-ring (bicyclic) bond motifs is 1. The van der Waals surface area contributed by atoms with Gasteiger partial charge in [0, 0.05) is 10.9 Å². The summed E-state index contributed by atoms with van der Waals surface area (Å²) in [6.07, 6.45) is 1.86. The number of ether oxygens (including phenoxy) is 2. The van der Waals surface area contributed by atoms with Crippen LogP contribution in [0.25, 0.3) is 11.3 Å². The Morgan fingerprint density at radius 2 is 1.61 bits per heavy atom. The fraction of sp³-hybridized carbons (Fsp3) is 0.120. The third kappa shape index (κ3) is 4.44. The summed E-state index contributed by atoms with van der Waals surface area (Å²) >= 11 is 1.57. The van der Waals surface area contributed by atoms with Crippen molar-refractivity contribution < 1.29 is 9.47 Å². The summed E-state index contributed by atoms with van der Waals surface area (Å²) in [5.41, 5.74) is 4.16. The van der Waals surface area contributed by atoms with Gasteiger partial charge >= 0.3 is 0 Å². The molecule has 5 nitrogen and oxygen atoms in total. The number of thiazole rings is 1. The van der Waals surface area contributed by atoms with E-state index in [1.54, 1.807) is 11.3 Å². The van der Waals surface area contributed by atoms with Crippen LogP contribution < -0.4 is 14.3 Å². The summed E-state index contributed by atoms with van der Waals surface area (Å²) in [5.74, 6) is 1.54. The minimum Gasteiger partial charge on any atom is -0.486 e. The Morgan fingerprint density at radius 1 is 0.871 bits per heavy atom. The molecule has 0 spiro atoms. The van der Waals surface area contributed by atoms with Gasteiger partial charge in [-0.15, -0.1) is 11.3 Å². The van der Waals surface area contributed by atoms with E-state index < -0.39 is 0 Å². The number of benzene rings is 3. The van der Waals surface area contributed by atoms with Crippen LogP contribution >= 0.6 is 11.3 Å². The molecule has 0 radical (unpaired) electrons. The van der Waals surface area contributed by atoms with Gasteiger partial charge < -0.3 is 9.47 Å². The number of aromatic nitrogens is 1. The molecule has 5 rings (SSSR count). The Bertz CT molecular complexity index is 1260. The summed E-state index contributed by atoms with van der Waals surface area (Å²) in [4.78, 5) is 5.67. The first kappa shape index (κ1) is 19.3. The zero-order chi connectivity index (χ0) is 20.9. The second-order valence-corrected chi connectivity index (χ2v) is 7.87. The van der Waals surface area contributed by atoms with E-state index in [9.17, 15) is 0 Å². The SMILES string of the molecule is C(=N/n1c(-c2ccc3c(c2)OCCO3)csc1=NCc1ccccc1)/c1ccccc1. The van der Waals surface area contributed by atoms with Crippen LogP contribution in [0.1, 0.15) is 11.1 Å². The molecule has 154 valence electrons. The smallest absolute Gasteiger partial charge is 0.206 e. The summed E-state index contributed by atoms with van der Waals surface area (Å²) in [5, 5.41) is 6.85. The van der Waals surface area contributed by atoms with Crippen LogP contribution in [0.3, 0.4) is 0 Å². The molecule has 1 aliphatic heterocycles. The van der Waals surface area contributed by atoms with Crippen molar-refractivity contribution >= 4 is 17.6 Å². The van der Waals surface area contributed by atoms with Gasteiger partial charge in [-0.05, 0) is 29.3 Å². The second kappa shape index (κ2) is 9.02. The van der Waals surface area contributed by atoms with Gasteiger partial charge in [-0.3, -0.25) is 4.99 Å². The molecule has 0 N–H and O–H groups in total. The molecule has 0 aliphatic carbocycles. The summed E-state index contributed by atoms with van der Waals surface area (Å²) in [6, 6.07) is 26.3. The molecule has 0 bridgehead atoms. The van der Waals surface area contributed by atoms with Gasteiger partial charge in [0.2, 0.25) is 4.80 Å². The molecule has 1 aromatic heterocycles. The van der Waals surface area contributed by atoms with Crippen molar-refractivity contribution in [2.75, 3.05) is 13.2 Å². The quantitative estimate of drug-likeness (QED) is 0.422. The predicted molar refractivity (Wildman–Crippen MR) is 124 cm³/mol. The number of nitrogens with zero attached hydrogens (tertiary/aromatic N) is 3. The zero-order valence-electron chi connectivity index (χ0n) is 16.8. The van der Waals surface area contributed by atoms with Crippen LogP contribution in [-0.4, -0.2) is 24.1 Å². The van der Waals surface area contributed by atoms with Crippen molar-refractivity contribution in [2.45, 2.75) is 6.54 Å². The maximum absolute atomic E-state index is 5.77. The fourth-order valence-corrected chi connectivity index (χ4v) is 4.16. The van der Waals surface area contributed by atoms with Crippen LogP contribution in [0.4, 0.5) is 0 Å². The molecule has 4 aromatic rings. The van der Waals surface area contributed by atoms with Crippen molar-refractivity contribution in [3.05, 3.63) is 100 Å². The molecule has 0 fully saturated rings. The van der Waals surface area contributed by atoms with Gasteiger partial charge in [0.15, 0.2) is 11.5 Å². The van der Waals surface area contributed by atoms with Crippen molar-refractivity contribution in [2.24, 2.45) is 10.1 Å². The Morgan fingerprint density at radius 3 is 2.42 bits per heavy atom. The highest BCUT2D eigenvalue weighted by Gasteiger charge is 2.15. The zero-order valence-corrected chi connectivity index (χ0v) is 17.7. The highest BCUT2D eigenvalue weighted by molar-refractivity contribution is 7.07. The lowest BCUT2D eigenvalue weighted by atomic mass is 10.1. The van der Waals surface area contributed by atoms with E-state index >= 15 is 0 Å². The van der Waals surface area contributed by atoms with E-state index in [1.165, 1.54) is 0 Å². The Balaban J connectivity index is 1.56. The average Bonchev–Trinajstić information content (AvgIpc) is 3.25. The number of rotatable bonds is 5. The maximum Gasteiger partial charge on any atom is 0.206 e. The Kier molecular flexibility index (Phi) is 5.62. The van der Waals surface area contributed by atoms with Crippen LogP contribution in [0.15, 0.2) is 94.3 Å². The first-order chi connectivity index (χ1) is 15.4. The van der Waals surface area contributed by atoms with Gasteiger partial charge in [0.25, 0.3) is 0 Å². The van der Waals surface area contributed by atoms with Crippen molar-refractivity contribution in [1.29, 1.82) is 0 Å². The maximum atomic E-state index is 5.77. The van der Waals surface area contributed by atoms with E-state index in [2.05, 4.69) is 17.5 Å². The van der Waals surface area contributed by atoms with E-state index in [1.807, 2.05) is 77.6 Å². The Hall–Kier alpha value is -3.64. The van der Waals surface area contributed by atoms with Crippen molar-refractivity contribution in [3.63, 3.8) is 0 Å². The third-order valence-electron chi connectivity index (χ3n) is 4.88. The summed E-state index contributed by atoms with van der Waals surface area (Å²) in [7, 11) is 0. The van der Waals surface area contributed by atoms with Gasteiger partial charge in [-0.2, -0.15) is 5.10 Å². The molecule has 0 saturated carbocycles.